The smallest absolute Gasteiger partial charge is 0.326 e. The van der Waals surface area contributed by atoms with Crippen molar-refractivity contribution in [3.8, 4) is 5.88 Å². The highest BCUT2D eigenvalue weighted by Crippen LogP contribution is 2.38. The Morgan fingerprint density at radius 2 is 2.09 bits per heavy atom. The number of anilines is 3. The maximum Gasteiger partial charge on any atom is 0.326 e. The van der Waals surface area contributed by atoms with Gasteiger partial charge in [-0.05, 0) is 25.0 Å². The molecule has 2 aromatic rings. The maximum absolute atomic E-state index is 12.4. The molecule has 0 aliphatic carbocycles. The SMILES string of the molecule is CN(CCC1CNc2nc(N)nc(O)c21)c1ccc(C(=O)N[C@@H](CCC(=O)O)C(=O)O)s1. The molecule has 7 N–H and O–H groups in total. The van der Waals surface area contributed by atoms with Gasteiger partial charge in [0.05, 0.1) is 15.4 Å². The van der Waals surface area contributed by atoms with Gasteiger partial charge in [0.2, 0.25) is 11.8 Å². The van der Waals surface area contributed by atoms with Crippen molar-refractivity contribution in [2.45, 2.75) is 31.2 Å². The molecule has 0 saturated heterocycles. The van der Waals surface area contributed by atoms with Crippen LogP contribution in [0, 0.1) is 0 Å². The van der Waals surface area contributed by atoms with Crippen LogP contribution in [-0.4, -0.2) is 69.3 Å². The van der Waals surface area contributed by atoms with E-state index in [1.54, 1.807) is 12.1 Å². The third-order valence-electron chi connectivity index (χ3n) is 5.12. The minimum absolute atomic E-state index is 0.00124. The first-order chi connectivity index (χ1) is 15.2. The molecule has 0 aromatic carbocycles. The molecule has 3 rings (SSSR count). The van der Waals surface area contributed by atoms with Gasteiger partial charge < -0.3 is 36.6 Å². The Balaban J connectivity index is 1.58. The number of carbonyl (C=O) groups excluding carboxylic acids is 1. The highest BCUT2D eigenvalue weighted by Gasteiger charge is 2.29. The van der Waals surface area contributed by atoms with Gasteiger partial charge in [0.25, 0.3) is 5.91 Å². The summed E-state index contributed by atoms with van der Waals surface area (Å²) in [5, 5.41) is 34.3. The molecule has 0 bridgehead atoms. The van der Waals surface area contributed by atoms with Crippen LogP contribution in [0.25, 0.3) is 0 Å². The van der Waals surface area contributed by atoms with Crippen molar-refractivity contribution < 1.29 is 29.7 Å². The number of aromatic hydroxyl groups is 1. The average Bonchev–Trinajstić information content (AvgIpc) is 3.36. The average molecular weight is 465 g/mol. The zero-order chi connectivity index (χ0) is 23.4. The van der Waals surface area contributed by atoms with Crippen LogP contribution in [0.4, 0.5) is 16.8 Å². The second-order valence-corrected chi connectivity index (χ2v) is 8.45. The van der Waals surface area contributed by atoms with Crippen molar-refractivity contribution >= 4 is 45.9 Å². The Labute approximate surface area is 187 Å². The number of nitrogens with zero attached hydrogens (tertiary/aromatic N) is 3. The summed E-state index contributed by atoms with van der Waals surface area (Å²) in [5.74, 6) is -2.57. The van der Waals surface area contributed by atoms with Gasteiger partial charge in [0.15, 0.2) is 0 Å². The molecule has 1 aliphatic heterocycles. The number of nitrogens with one attached hydrogen (secondary N) is 2. The number of hydrogen-bond acceptors (Lipinski definition) is 10. The molecular weight excluding hydrogens is 440 g/mol. The molecule has 0 fully saturated rings. The molecule has 2 aromatic heterocycles. The van der Waals surface area contributed by atoms with E-state index in [0.29, 0.717) is 35.8 Å². The molecular formula is C19H24N6O6S. The van der Waals surface area contributed by atoms with E-state index in [1.807, 2.05) is 11.9 Å². The van der Waals surface area contributed by atoms with E-state index in [0.717, 1.165) is 5.00 Å². The van der Waals surface area contributed by atoms with E-state index >= 15 is 0 Å². The van der Waals surface area contributed by atoms with Gasteiger partial charge in [-0.2, -0.15) is 9.97 Å². The third-order valence-corrected chi connectivity index (χ3v) is 6.32. The fourth-order valence-corrected chi connectivity index (χ4v) is 4.32. The molecule has 172 valence electrons. The highest BCUT2D eigenvalue weighted by atomic mass is 32.1. The molecule has 3 heterocycles. The van der Waals surface area contributed by atoms with Gasteiger partial charge >= 0.3 is 11.9 Å². The number of nitrogen functional groups attached to an aromatic ring is 1. The van der Waals surface area contributed by atoms with Crippen LogP contribution < -0.4 is 21.3 Å². The molecule has 13 heteroatoms. The van der Waals surface area contributed by atoms with Crippen molar-refractivity contribution in [1.82, 2.24) is 15.3 Å². The van der Waals surface area contributed by atoms with E-state index in [2.05, 4.69) is 20.6 Å². The Morgan fingerprint density at radius 1 is 1.34 bits per heavy atom. The third kappa shape index (κ3) is 5.35. The van der Waals surface area contributed by atoms with Crippen molar-refractivity contribution in [2.75, 3.05) is 36.1 Å². The number of fused-ring (bicyclic) bond motifs is 1. The number of thiophene rings is 1. The standard InChI is InChI=1S/C19H24N6O6S/c1-25(7-6-9-8-21-15-14(9)17(29)24-19(20)23-15)12-4-3-11(32-12)16(28)22-10(18(30)31)2-5-13(26)27/h3-4,9-10H,2,5-8H2,1H3,(H,22,28)(H,26,27)(H,30,31)(H4,20,21,23,24,29)/t9?,10-/m0/s1. The van der Waals surface area contributed by atoms with E-state index in [9.17, 15) is 24.6 Å². The Hall–Kier alpha value is -3.61. The second kappa shape index (κ2) is 9.68. The number of carboxylic acid groups (broad SMARTS) is 2. The predicted octanol–water partition coefficient (Wildman–Crippen LogP) is 0.909. The van der Waals surface area contributed by atoms with Crippen molar-refractivity contribution in [3.63, 3.8) is 0 Å². The molecule has 32 heavy (non-hydrogen) atoms. The van der Waals surface area contributed by atoms with Gasteiger partial charge in [-0.1, -0.05) is 0 Å². The molecule has 0 spiro atoms. The minimum atomic E-state index is -1.28. The van der Waals surface area contributed by atoms with Gasteiger partial charge in [-0.25, -0.2) is 4.79 Å². The van der Waals surface area contributed by atoms with Crippen molar-refractivity contribution in [1.29, 1.82) is 0 Å². The van der Waals surface area contributed by atoms with E-state index < -0.39 is 23.9 Å². The predicted molar refractivity (Wildman–Crippen MR) is 117 cm³/mol. The van der Waals surface area contributed by atoms with Crippen LogP contribution in [0.1, 0.15) is 40.4 Å². The summed E-state index contributed by atoms with van der Waals surface area (Å²) in [5.41, 5.74) is 6.20. The zero-order valence-corrected chi connectivity index (χ0v) is 18.1. The number of carbonyl (C=O) groups is 3. The quantitative estimate of drug-likeness (QED) is 0.293. The van der Waals surface area contributed by atoms with E-state index in [4.69, 9.17) is 10.8 Å². The lowest BCUT2D eigenvalue weighted by atomic mass is 10.00. The van der Waals surface area contributed by atoms with Gasteiger partial charge in [0, 0.05) is 32.5 Å². The van der Waals surface area contributed by atoms with Crippen LogP contribution in [0.5, 0.6) is 5.88 Å². The fraction of sp³-hybridized carbons (Fsp3) is 0.421. The first-order valence-corrected chi connectivity index (χ1v) is 10.6. The molecule has 1 amide bonds. The zero-order valence-electron chi connectivity index (χ0n) is 17.2. The lowest BCUT2D eigenvalue weighted by Gasteiger charge is -2.19. The van der Waals surface area contributed by atoms with Gasteiger partial charge in [-0.3, -0.25) is 9.59 Å². The Kier molecular flexibility index (Phi) is 6.98. The van der Waals surface area contributed by atoms with Crippen LogP contribution in [0.2, 0.25) is 0 Å². The van der Waals surface area contributed by atoms with Gasteiger partial charge in [-0.15, -0.1) is 11.3 Å². The summed E-state index contributed by atoms with van der Waals surface area (Å²) >= 11 is 1.20. The molecule has 0 radical (unpaired) electrons. The monoisotopic (exact) mass is 464 g/mol. The first kappa shape index (κ1) is 23.1. The Morgan fingerprint density at radius 3 is 2.78 bits per heavy atom. The Bertz CT molecular complexity index is 1030. The summed E-state index contributed by atoms with van der Waals surface area (Å²) in [4.78, 5) is 44.6. The van der Waals surface area contributed by atoms with Crippen LogP contribution >= 0.6 is 11.3 Å². The summed E-state index contributed by atoms with van der Waals surface area (Å²) in [6, 6.07) is 2.08. The summed E-state index contributed by atoms with van der Waals surface area (Å²) in [6.07, 6.45) is 0.128. The molecule has 2 atom stereocenters. The topological polar surface area (TPSA) is 191 Å². The van der Waals surface area contributed by atoms with Gasteiger partial charge in [0.1, 0.15) is 11.9 Å². The molecule has 1 unspecified atom stereocenters. The lowest BCUT2D eigenvalue weighted by Crippen LogP contribution is -2.40. The summed E-state index contributed by atoms with van der Waals surface area (Å²) in [6.45, 7) is 1.22. The normalized spacial score (nSPS) is 15.5. The summed E-state index contributed by atoms with van der Waals surface area (Å²) < 4.78 is 0. The van der Waals surface area contributed by atoms with Crippen molar-refractivity contribution in [3.05, 3.63) is 22.6 Å². The lowest BCUT2D eigenvalue weighted by molar-refractivity contribution is -0.140. The molecule has 1 aliphatic rings. The molecule has 0 saturated carbocycles. The van der Waals surface area contributed by atoms with E-state index in [-0.39, 0.29) is 30.6 Å². The molecule has 12 nitrogen and oxygen atoms in total. The number of rotatable bonds is 10. The van der Waals surface area contributed by atoms with Crippen LogP contribution in [-0.2, 0) is 9.59 Å². The maximum atomic E-state index is 12.4. The second-order valence-electron chi connectivity index (χ2n) is 7.39. The number of hydrogen-bond donors (Lipinski definition) is 6. The number of carboxylic acids is 2. The summed E-state index contributed by atoms with van der Waals surface area (Å²) in [7, 11) is 1.86. The van der Waals surface area contributed by atoms with E-state index in [1.165, 1.54) is 11.3 Å². The number of aromatic nitrogens is 2. The number of nitrogens with two attached hydrogens (primary N) is 1. The van der Waals surface area contributed by atoms with Crippen LogP contribution in [0.3, 0.4) is 0 Å². The fourth-order valence-electron chi connectivity index (χ4n) is 3.42. The largest absolute Gasteiger partial charge is 0.493 e. The highest BCUT2D eigenvalue weighted by molar-refractivity contribution is 7.18. The number of amides is 1. The number of aliphatic carboxylic acids is 2. The van der Waals surface area contributed by atoms with Crippen molar-refractivity contribution in [2.24, 2.45) is 0 Å². The minimum Gasteiger partial charge on any atom is -0.493 e. The first-order valence-electron chi connectivity index (χ1n) is 9.82. The van der Waals surface area contributed by atoms with Crippen LogP contribution in [0.15, 0.2) is 12.1 Å².